The molecular weight excluding hydrogens is 377 g/mol. The molecule has 1 amide bonds. The Balaban J connectivity index is 1.82. The van der Waals surface area contributed by atoms with Crippen LogP contribution in [0.2, 0.25) is 0 Å². The van der Waals surface area contributed by atoms with Crippen molar-refractivity contribution in [3.63, 3.8) is 0 Å². The average Bonchev–Trinajstić information content (AvgIpc) is 3.16. The highest BCUT2D eigenvalue weighted by atomic mass is 19.1. The summed E-state index contributed by atoms with van der Waals surface area (Å²) in [7, 11) is 4.63. The molecule has 1 atom stereocenters. The molecule has 0 saturated heterocycles. The van der Waals surface area contributed by atoms with Crippen LogP contribution in [0.15, 0.2) is 42.7 Å². The fourth-order valence-corrected chi connectivity index (χ4v) is 3.58. The summed E-state index contributed by atoms with van der Waals surface area (Å²) in [5.41, 5.74) is 2.23. The van der Waals surface area contributed by atoms with E-state index in [1.807, 2.05) is 12.1 Å². The number of halogens is 1. The molecule has 4 rings (SSSR count). The maximum Gasteiger partial charge on any atom is 0.226 e. The summed E-state index contributed by atoms with van der Waals surface area (Å²) in [5.74, 6) is 1.29. The number of hydrogen-bond acceptors (Lipinski definition) is 5. The van der Waals surface area contributed by atoms with E-state index in [1.165, 1.54) is 19.2 Å². The van der Waals surface area contributed by atoms with Crippen molar-refractivity contribution in [1.82, 2.24) is 9.55 Å². The van der Waals surface area contributed by atoms with E-state index in [9.17, 15) is 9.18 Å². The zero-order valence-electron chi connectivity index (χ0n) is 16.2. The van der Waals surface area contributed by atoms with Gasteiger partial charge in [0.1, 0.15) is 18.0 Å². The summed E-state index contributed by atoms with van der Waals surface area (Å²) in [5, 5.41) is 2.88. The maximum atomic E-state index is 13.3. The molecule has 0 aliphatic carbocycles. The third-order valence-electron chi connectivity index (χ3n) is 4.97. The fraction of sp³-hybridized carbons (Fsp3) is 0.238. The largest absolute Gasteiger partial charge is 0.493 e. The lowest BCUT2D eigenvalue weighted by Gasteiger charge is -2.24. The summed E-state index contributed by atoms with van der Waals surface area (Å²) < 4.78 is 31.3. The van der Waals surface area contributed by atoms with Crippen LogP contribution in [0.5, 0.6) is 17.2 Å². The second kappa shape index (κ2) is 7.46. The molecule has 2 aromatic carbocycles. The molecular formula is C21H20FN3O4. The van der Waals surface area contributed by atoms with E-state index in [1.54, 1.807) is 37.2 Å². The molecule has 0 radical (unpaired) electrons. The summed E-state index contributed by atoms with van der Waals surface area (Å²) in [6, 6.07) is 9.64. The number of fused-ring (bicyclic) bond motifs is 1. The number of ether oxygens (including phenoxy) is 3. The standard InChI is InChI=1S/C21H20FN3O4/c1-27-16-8-12(9-17(28-2)20(16)29-3)15-10-18(26)24-21-19(15)23-11-25(21)14-6-4-13(22)5-7-14/h4-9,11,15H,10H2,1-3H3,(H,24,26)/t15-/m0/s1. The minimum absolute atomic E-state index is 0.139. The fourth-order valence-electron chi connectivity index (χ4n) is 3.58. The number of amides is 1. The predicted octanol–water partition coefficient (Wildman–Crippen LogP) is 3.51. The smallest absolute Gasteiger partial charge is 0.226 e. The van der Waals surface area contributed by atoms with Gasteiger partial charge in [0, 0.05) is 18.0 Å². The van der Waals surface area contributed by atoms with Crippen molar-refractivity contribution >= 4 is 11.7 Å². The highest BCUT2D eigenvalue weighted by Crippen LogP contribution is 2.44. The van der Waals surface area contributed by atoms with Gasteiger partial charge in [-0.3, -0.25) is 9.36 Å². The Bertz CT molecular complexity index is 1040. The number of aromatic nitrogens is 2. The van der Waals surface area contributed by atoms with Gasteiger partial charge < -0.3 is 19.5 Å². The third kappa shape index (κ3) is 3.26. The molecule has 29 heavy (non-hydrogen) atoms. The van der Waals surface area contributed by atoms with E-state index in [4.69, 9.17) is 14.2 Å². The highest BCUT2D eigenvalue weighted by molar-refractivity contribution is 5.94. The monoisotopic (exact) mass is 397 g/mol. The maximum absolute atomic E-state index is 13.3. The number of benzene rings is 2. The molecule has 8 heteroatoms. The van der Waals surface area contributed by atoms with Crippen LogP contribution in [0.4, 0.5) is 10.2 Å². The molecule has 0 bridgehead atoms. The lowest BCUT2D eigenvalue weighted by molar-refractivity contribution is -0.116. The van der Waals surface area contributed by atoms with Gasteiger partial charge >= 0.3 is 0 Å². The molecule has 150 valence electrons. The summed E-state index contributed by atoms with van der Waals surface area (Å²) in [4.78, 5) is 17.0. The van der Waals surface area contributed by atoms with Gasteiger partial charge in [-0.2, -0.15) is 0 Å². The van der Waals surface area contributed by atoms with Crippen molar-refractivity contribution in [3.05, 3.63) is 59.8 Å². The summed E-state index contributed by atoms with van der Waals surface area (Å²) in [6.07, 6.45) is 1.85. The molecule has 1 N–H and O–H groups in total. The highest BCUT2D eigenvalue weighted by Gasteiger charge is 2.32. The van der Waals surface area contributed by atoms with Crippen molar-refractivity contribution in [2.75, 3.05) is 26.6 Å². The van der Waals surface area contributed by atoms with Gasteiger partial charge in [0.25, 0.3) is 0 Å². The quantitative estimate of drug-likeness (QED) is 0.713. The molecule has 0 saturated carbocycles. The van der Waals surface area contributed by atoms with Crippen LogP contribution in [0, 0.1) is 5.82 Å². The lowest BCUT2D eigenvalue weighted by atomic mass is 9.89. The van der Waals surface area contributed by atoms with Gasteiger partial charge in [0.15, 0.2) is 11.5 Å². The number of carbonyl (C=O) groups excluding carboxylic acids is 1. The Labute approximate surface area is 167 Å². The predicted molar refractivity (Wildman–Crippen MR) is 105 cm³/mol. The first kappa shape index (κ1) is 18.8. The van der Waals surface area contributed by atoms with Gasteiger partial charge in [-0.1, -0.05) is 0 Å². The van der Waals surface area contributed by atoms with E-state index in [2.05, 4.69) is 10.3 Å². The van der Waals surface area contributed by atoms with Gasteiger partial charge in [0.05, 0.1) is 27.0 Å². The Hall–Kier alpha value is -3.55. The number of carbonyl (C=O) groups is 1. The molecule has 0 unspecified atom stereocenters. The Kier molecular flexibility index (Phi) is 4.84. The summed E-state index contributed by atoms with van der Waals surface area (Å²) in [6.45, 7) is 0. The topological polar surface area (TPSA) is 74.6 Å². The van der Waals surface area contributed by atoms with E-state index < -0.39 is 0 Å². The van der Waals surface area contributed by atoms with Crippen molar-refractivity contribution in [2.45, 2.75) is 12.3 Å². The van der Waals surface area contributed by atoms with Crippen molar-refractivity contribution in [3.8, 4) is 22.9 Å². The number of hydrogen-bond donors (Lipinski definition) is 1. The van der Waals surface area contributed by atoms with Crippen LogP contribution in [-0.4, -0.2) is 36.8 Å². The molecule has 0 fully saturated rings. The van der Waals surface area contributed by atoms with Gasteiger partial charge in [-0.25, -0.2) is 9.37 Å². The van der Waals surface area contributed by atoms with Gasteiger partial charge in [-0.05, 0) is 42.0 Å². The lowest BCUT2D eigenvalue weighted by Crippen LogP contribution is -2.25. The van der Waals surface area contributed by atoms with Crippen LogP contribution >= 0.6 is 0 Å². The second-order valence-electron chi connectivity index (χ2n) is 6.59. The number of nitrogens with one attached hydrogen (secondary N) is 1. The molecule has 3 aromatic rings. The normalized spacial score (nSPS) is 15.4. The molecule has 1 aliphatic rings. The van der Waals surface area contributed by atoms with Crippen LogP contribution in [0.1, 0.15) is 23.6 Å². The Morgan fingerprint density at radius 2 is 1.72 bits per heavy atom. The van der Waals surface area contributed by atoms with E-state index in [0.717, 1.165) is 5.56 Å². The minimum Gasteiger partial charge on any atom is -0.493 e. The number of rotatable bonds is 5. The molecule has 2 heterocycles. The van der Waals surface area contributed by atoms with Crippen molar-refractivity contribution in [2.24, 2.45) is 0 Å². The molecule has 7 nitrogen and oxygen atoms in total. The van der Waals surface area contributed by atoms with E-state index in [0.29, 0.717) is 34.4 Å². The second-order valence-corrected chi connectivity index (χ2v) is 6.59. The molecule has 0 spiro atoms. The Morgan fingerprint density at radius 3 is 2.31 bits per heavy atom. The Morgan fingerprint density at radius 1 is 1.07 bits per heavy atom. The van der Waals surface area contributed by atoms with Gasteiger partial charge in [0.2, 0.25) is 11.7 Å². The summed E-state index contributed by atoms with van der Waals surface area (Å²) >= 11 is 0. The zero-order valence-corrected chi connectivity index (χ0v) is 16.2. The first-order valence-electron chi connectivity index (χ1n) is 8.98. The first-order valence-corrected chi connectivity index (χ1v) is 8.98. The van der Waals surface area contributed by atoms with Crippen molar-refractivity contribution < 1.29 is 23.4 Å². The van der Waals surface area contributed by atoms with Gasteiger partial charge in [-0.15, -0.1) is 0 Å². The van der Waals surface area contributed by atoms with Crippen molar-refractivity contribution in [1.29, 1.82) is 0 Å². The van der Waals surface area contributed by atoms with Crippen LogP contribution in [-0.2, 0) is 4.79 Å². The number of imidazole rings is 1. The van der Waals surface area contributed by atoms with E-state index in [-0.39, 0.29) is 24.1 Å². The van der Waals surface area contributed by atoms with Crippen LogP contribution < -0.4 is 19.5 Å². The average molecular weight is 397 g/mol. The minimum atomic E-state index is -0.331. The number of nitrogens with zero attached hydrogens (tertiary/aromatic N) is 2. The van der Waals surface area contributed by atoms with Crippen LogP contribution in [0.25, 0.3) is 5.69 Å². The number of anilines is 1. The molecule has 1 aromatic heterocycles. The van der Waals surface area contributed by atoms with E-state index >= 15 is 0 Å². The zero-order chi connectivity index (χ0) is 20.5. The van der Waals surface area contributed by atoms with Crippen LogP contribution in [0.3, 0.4) is 0 Å². The third-order valence-corrected chi connectivity index (χ3v) is 4.97. The molecule has 1 aliphatic heterocycles. The number of methoxy groups -OCH3 is 3. The first-order chi connectivity index (χ1) is 14.0. The SMILES string of the molecule is COc1cc([C@@H]2CC(=O)Nc3c2ncn3-c2ccc(F)cc2)cc(OC)c1OC.